The molecule has 0 bridgehead atoms. The Morgan fingerprint density at radius 3 is 3.24 bits per heavy atom. The molecule has 0 spiro atoms. The van der Waals surface area contributed by atoms with Gasteiger partial charge >= 0.3 is 0 Å². The third kappa shape index (κ3) is 3.44. The van der Waals surface area contributed by atoms with Gasteiger partial charge in [0.25, 0.3) is 0 Å². The molecule has 1 fully saturated rings. The molecular formula is C11H18ClN5. The molecule has 94 valence electrons. The zero-order valence-electron chi connectivity index (χ0n) is 9.99. The number of piperidine rings is 1. The summed E-state index contributed by atoms with van der Waals surface area (Å²) in [5.74, 6) is 1.28. The van der Waals surface area contributed by atoms with Gasteiger partial charge in [-0.25, -0.2) is 4.98 Å². The summed E-state index contributed by atoms with van der Waals surface area (Å²) in [6.45, 7) is 3.19. The standard InChI is InChI=1S/C11H18ClN5/c1-17-4-2-3-8(7-17)5-14-10-9(13)6-15-11(12)16-10/h6,8H,2-5,7,13H2,1H3,(H,14,15,16). The van der Waals surface area contributed by atoms with Gasteiger partial charge in [0.1, 0.15) is 0 Å². The van der Waals surface area contributed by atoms with Gasteiger partial charge < -0.3 is 16.0 Å². The number of nitrogens with one attached hydrogen (secondary N) is 1. The molecule has 1 aromatic heterocycles. The summed E-state index contributed by atoms with van der Waals surface area (Å²) >= 11 is 5.74. The molecule has 0 aromatic carbocycles. The molecule has 1 aliphatic heterocycles. The largest absolute Gasteiger partial charge is 0.394 e. The van der Waals surface area contributed by atoms with Gasteiger partial charge in [-0.3, -0.25) is 0 Å². The third-order valence-corrected chi connectivity index (χ3v) is 3.25. The quantitative estimate of drug-likeness (QED) is 0.801. The van der Waals surface area contributed by atoms with Crippen LogP contribution in [0.1, 0.15) is 12.8 Å². The van der Waals surface area contributed by atoms with Crippen molar-refractivity contribution in [1.82, 2.24) is 14.9 Å². The van der Waals surface area contributed by atoms with Crippen molar-refractivity contribution in [3.8, 4) is 0 Å². The minimum Gasteiger partial charge on any atom is -0.394 e. The number of aromatic nitrogens is 2. The van der Waals surface area contributed by atoms with Gasteiger partial charge in [0.05, 0.1) is 11.9 Å². The van der Waals surface area contributed by atoms with Crippen LogP contribution in [0.5, 0.6) is 0 Å². The van der Waals surface area contributed by atoms with Crippen LogP contribution in [0.25, 0.3) is 0 Å². The minimum atomic E-state index is 0.225. The fourth-order valence-corrected chi connectivity index (χ4v) is 2.33. The predicted octanol–water partition coefficient (Wildman–Crippen LogP) is 1.47. The number of nitrogens with two attached hydrogens (primary N) is 1. The Labute approximate surface area is 106 Å². The van der Waals surface area contributed by atoms with E-state index in [1.165, 1.54) is 25.6 Å². The molecule has 5 nitrogen and oxygen atoms in total. The fourth-order valence-electron chi connectivity index (χ4n) is 2.19. The lowest BCUT2D eigenvalue weighted by Gasteiger charge is -2.29. The van der Waals surface area contributed by atoms with Crippen LogP contribution < -0.4 is 11.1 Å². The van der Waals surface area contributed by atoms with Gasteiger partial charge in [-0.2, -0.15) is 4.98 Å². The molecule has 2 rings (SSSR count). The summed E-state index contributed by atoms with van der Waals surface area (Å²) in [4.78, 5) is 10.3. The smallest absolute Gasteiger partial charge is 0.224 e. The highest BCUT2D eigenvalue weighted by Crippen LogP contribution is 2.19. The van der Waals surface area contributed by atoms with Crippen LogP contribution in [0, 0.1) is 5.92 Å². The Kier molecular flexibility index (Phi) is 4.02. The molecule has 6 heteroatoms. The molecular weight excluding hydrogens is 238 g/mol. The Bertz CT molecular complexity index is 384. The van der Waals surface area contributed by atoms with Gasteiger partial charge in [-0.05, 0) is 44.0 Å². The van der Waals surface area contributed by atoms with Gasteiger partial charge in [0, 0.05) is 13.1 Å². The number of nitrogens with zero attached hydrogens (tertiary/aromatic N) is 3. The Hall–Kier alpha value is -1.07. The number of rotatable bonds is 3. The van der Waals surface area contributed by atoms with Crippen LogP contribution in [-0.4, -0.2) is 41.5 Å². The van der Waals surface area contributed by atoms with E-state index in [0.29, 0.717) is 17.4 Å². The molecule has 1 saturated heterocycles. The summed E-state index contributed by atoms with van der Waals surface area (Å²) in [5, 5.41) is 3.48. The van der Waals surface area contributed by atoms with E-state index < -0.39 is 0 Å². The van der Waals surface area contributed by atoms with E-state index in [9.17, 15) is 0 Å². The van der Waals surface area contributed by atoms with Crippen LogP contribution in [0.2, 0.25) is 5.28 Å². The summed E-state index contributed by atoms with van der Waals surface area (Å²) in [6, 6.07) is 0. The number of halogens is 1. The van der Waals surface area contributed by atoms with Crippen molar-refractivity contribution in [3.63, 3.8) is 0 Å². The van der Waals surface area contributed by atoms with Crippen molar-refractivity contribution < 1.29 is 0 Å². The molecule has 0 radical (unpaired) electrons. The van der Waals surface area contributed by atoms with E-state index >= 15 is 0 Å². The second-order valence-corrected chi connectivity index (χ2v) is 4.93. The van der Waals surface area contributed by atoms with Crippen molar-refractivity contribution in [3.05, 3.63) is 11.5 Å². The highest BCUT2D eigenvalue weighted by atomic mass is 35.5. The summed E-state index contributed by atoms with van der Waals surface area (Å²) in [6.07, 6.45) is 4.03. The number of hydrogen-bond acceptors (Lipinski definition) is 5. The molecule has 0 saturated carbocycles. The Morgan fingerprint density at radius 2 is 2.47 bits per heavy atom. The lowest BCUT2D eigenvalue weighted by molar-refractivity contribution is 0.217. The van der Waals surface area contributed by atoms with Crippen LogP contribution in [0.4, 0.5) is 11.5 Å². The molecule has 1 aromatic rings. The van der Waals surface area contributed by atoms with Gasteiger partial charge in [-0.15, -0.1) is 0 Å². The number of hydrogen-bond donors (Lipinski definition) is 2. The highest BCUT2D eigenvalue weighted by molar-refractivity contribution is 6.28. The third-order valence-electron chi connectivity index (χ3n) is 3.07. The van der Waals surface area contributed by atoms with Crippen LogP contribution in [-0.2, 0) is 0 Å². The second kappa shape index (κ2) is 5.51. The predicted molar refractivity (Wildman–Crippen MR) is 70.2 cm³/mol. The first kappa shape index (κ1) is 12.4. The summed E-state index contributed by atoms with van der Waals surface area (Å²) in [5.41, 5.74) is 6.32. The van der Waals surface area contributed by atoms with E-state index in [1.54, 1.807) is 0 Å². The normalized spacial score (nSPS) is 21.4. The van der Waals surface area contributed by atoms with Crippen molar-refractivity contribution in [2.24, 2.45) is 5.92 Å². The van der Waals surface area contributed by atoms with Crippen molar-refractivity contribution >= 4 is 23.1 Å². The molecule has 1 aliphatic rings. The SMILES string of the molecule is CN1CCCC(CNc2nc(Cl)ncc2N)C1. The zero-order valence-corrected chi connectivity index (χ0v) is 10.7. The van der Waals surface area contributed by atoms with Crippen molar-refractivity contribution in [2.45, 2.75) is 12.8 Å². The minimum absolute atomic E-state index is 0.225. The molecule has 0 aliphatic carbocycles. The van der Waals surface area contributed by atoms with Gasteiger partial charge in [0.2, 0.25) is 5.28 Å². The Morgan fingerprint density at radius 1 is 1.65 bits per heavy atom. The van der Waals surface area contributed by atoms with E-state index in [0.717, 1.165) is 13.1 Å². The first-order chi connectivity index (χ1) is 8.15. The Balaban J connectivity index is 1.90. The number of anilines is 2. The fraction of sp³-hybridized carbons (Fsp3) is 0.636. The molecule has 3 N–H and O–H groups in total. The maximum Gasteiger partial charge on any atom is 0.224 e. The molecule has 2 heterocycles. The molecule has 17 heavy (non-hydrogen) atoms. The van der Waals surface area contributed by atoms with E-state index in [1.807, 2.05) is 0 Å². The topological polar surface area (TPSA) is 67.1 Å². The summed E-state index contributed by atoms with van der Waals surface area (Å²) in [7, 11) is 2.15. The molecule has 1 atom stereocenters. The molecule has 0 amide bonds. The average Bonchev–Trinajstić information content (AvgIpc) is 2.30. The average molecular weight is 256 g/mol. The monoisotopic (exact) mass is 255 g/mol. The summed E-state index contributed by atoms with van der Waals surface area (Å²) < 4.78 is 0. The lowest BCUT2D eigenvalue weighted by Crippen LogP contribution is -2.35. The van der Waals surface area contributed by atoms with Crippen molar-refractivity contribution in [2.75, 3.05) is 37.7 Å². The van der Waals surface area contributed by atoms with Crippen LogP contribution in [0.15, 0.2) is 6.20 Å². The van der Waals surface area contributed by atoms with E-state index in [-0.39, 0.29) is 5.28 Å². The molecule has 1 unspecified atom stereocenters. The zero-order chi connectivity index (χ0) is 12.3. The van der Waals surface area contributed by atoms with E-state index in [2.05, 4.69) is 27.2 Å². The number of likely N-dealkylation sites (tertiary alicyclic amines) is 1. The maximum atomic E-state index is 5.78. The second-order valence-electron chi connectivity index (χ2n) is 4.59. The van der Waals surface area contributed by atoms with Crippen LogP contribution in [0.3, 0.4) is 0 Å². The van der Waals surface area contributed by atoms with Crippen LogP contribution >= 0.6 is 11.6 Å². The first-order valence-electron chi connectivity index (χ1n) is 5.85. The number of nitrogen functional groups attached to an aromatic ring is 1. The van der Waals surface area contributed by atoms with Gasteiger partial charge in [0.15, 0.2) is 5.82 Å². The highest BCUT2D eigenvalue weighted by Gasteiger charge is 2.17. The lowest BCUT2D eigenvalue weighted by atomic mass is 9.98. The van der Waals surface area contributed by atoms with Gasteiger partial charge in [-0.1, -0.05) is 0 Å². The van der Waals surface area contributed by atoms with E-state index in [4.69, 9.17) is 17.3 Å². The van der Waals surface area contributed by atoms with Crippen molar-refractivity contribution in [1.29, 1.82) is 0 Å². The first-order valence-corrected chi connectivity index (χ1v) is 6.23. The maximum absolute atomic E-state index is 5.78.